The van der Waals surface area contributed by atoms with Gasteiger partial charge in [0.05, 0.1) is 0 Å². The van der Waals surface area contributed by atoms with Gasteiger partial charge in [0.1, 0.15) is 5.82 Å². The summed E-state index contributed by atoms with van der Waals surface area (Å²) in [6, 6.07) is 7.02. The van der Waals surface area contributed by atoms with Gasteiger partial charge in [-0.3, -0.25) is 0 Å². The summed E-state index contributed by atoms with van der Waals surface area (Å²) in [7, 11) is 0. The quantitative estimate of drug-likeness (QED) is 0.803. The molecule has 0 bridgehead atoms. The number of rotatable bonds is 3. The summed E-state index contributed by atoms with van der Waals surface area (Å²) in [5.74, 6) is -0.178. The minimum atomic E-state index is -0.178. The van der Waals surface area contributed by atoms with Crippen molar-refractivity contribution in [3.05, 3.63) is 35.6 Å². The van der Waals surface area contributed by atoms with Crippen LogP contribution in [-0.4, -0.2) is 6.54 Å². The molecule has 0 saturated heterocycles. The van der Waals surface area contributed by atoms with E-state index in [1.54, 1.807) is 0 Å². The lowest BCUT2D eigenvalue weighted by molar-refractivity contribution is 0.276. The highest BCUT2D eigenvalue weighted by Gasteiger charge is 2.24. The Balaban J connectivity index is 2.94. The minimum absolute atomic E-state index is 0.133. The largest absolute Gasteiger partial charge is 0.310 e. The van der Waals surface area contributed by atoms with Crippen molar-refractivity contribution >= 4 is 0 Å². The predicted octanol–water partition coefficient (Wildman–Crippen LogP) is 3.52. The molecule has 1 nitrogen and oxygen atoms in total. The van der Waals surface area contributed by atoms with Crippen LogP contribution in [0.25, 0.3) is 0 Å². The second-order valence-electron chi connectivity index (χ2n) is 4.91. The zero-order chi connectivity index (χ0) is 11.5. The molecular formula is C13H20FN. The lowest BCUT2D eigenvalue weighted by Crippen LogP contribution is -2.32. The SMILES string of the molecule is CCNC(c1ccc(F)cc1)C(C)(C)C. The molecule has 1 rings (SSSR count). The van der Waals surface area contributed by atoms with Gasteiger partial charge in [-0.2, -0.15) is 0 Å². The van der Waals surface area contributed by atoms with Gasteiger partial charge in [-0.1, -0.05) is 39.8 Å². The van der Waals surface area contributed by atoms with Crippen molar-refractivity contribution in [1.82, 2.24) is 5.32 Å². The Kier molecular flexibility index (Phi) is 3.86. The molecule has 0 spiro atoms. The fourth-order valence-corrected chi connectivity index (χ4v) is 1.78. The van der Waals surface area contributed by atoms with E-state index in [-0.39, 0.29) is 17.3 Å². The molecule has 0 radical (unpaired) electrons. The summed E-state index contributed by atoms with van der Waals surface area (Å²) in [4.78, 5) is 0. The van der Waals surface area contributed by atoms with Crippen molar-refractivity contribution in [2.75, 3.05) is 6.54 Å². The Morgan fingerprint density at radius 2 is 1.73 bits per heavy atom. The molecule has 0 aliphatic carbocycles. The van der Waals surface area contributed by atoms with E-state index in [9.17, 15) is 4.39 Å². The first-order chi connectivity index (χ1) is 6.95. The summed E-state index contributed by atoms with van der Waals surface area (Å²) in [5.41, 5.74) is 1.28. The lowest BCUT2D eigenvalue weighted by Gasteiger charge is -2.31. The second-order valence-corrected chi connectivity index (χ2v) is 4.91. The smallest absolute Gasteiger partial charge is 0.123 e. The standard InChI is InChI=1S/C13H20FN/c1-5-15-12(13(2,3)4)10-6-8-11(14)9-7-10/h6-9,12,15H,5H2,1-4H3. The summed E-state index contributed by atoms with van der Waals surface area (Å²) in [6.07, 6.45) is 0. The second kappa shape index (κ2) is 4.75. The molecule has 0 fully saturated rings. The van der Waals surface area contributed by atoms with E-state index in [0.717, 1.165) is 12.1 Å². The summed E-state index contributed by atoms with van der Waals surface area (Å²) in [5, 5.41) is 3.44. The third kappa shape index (κ3) is 3.31. The fourth-order valence-electron chi connectivity index (χ4n) is 1.78. The Morgan fingerprint density at radius 3 is 2.13 bits per heavy atom. The van der Waals surface area contributed by atoms with Crippen molar-refractivity contribution in [2.45, 2.75) is 33.7 Å². The van der Waals surface area contributed by atoms with Crippen molar-refractivity contribution in [3.8, 4) is 0 Å². The molecule has 1 aromatic rings. The third-order valence-electron chi connectivity index (χ3n) is 2.48. The third-order valence-corrected chi connectivity index (χ3v) is 2.48. The average molecular weight is 209 g/mol. The molecule has 1 aromatic carbocycles. The molecule has 2 heteroatoms. The Hall–Kier alpha value is -0.890. The normalized spacial score (nSPS) is 13.9. The maximum Gasteiger partial charge on any atom is 0.123 e. The van der Waals surface area contributed by atoms with Crippen LogP contribution in [0.1, 0.15) is 39.3 Å². The topological polar surface area (TPSA) is 12.0 Å². The molecule has 0 amide bonds. The highest BCUT2D eigenvalue weighted by Crippen LogP contribution is 2.32. The van der Waals surface area contributed by atoms with Gasteiger partial charge < -0.3 is 5.32 Å². The molecule has 15 heavy (non-hydrogen) atoms. The highest BCUT2D eigenvalue weighted by molar-refractivity contribution is 5.21. The first-order valence-corrected chi connectivity index (χ1v) is 5.44. The van der Waals surface area contributed by atoms with E-state index < -0.39 is 0 Å². The zero-order valence-corrected chi connectivity index (χ0v) is 9.97. The zero-order valence-electron chi connectivity index (χ0n) is 9.97. The van der Waals surface area contributed by atoms with Crippen molar-refractivity contribution in [2.24, 2.45) is 5.41 Å². The number of benzene rings is 1. The Morgan fingerprint density at radius 1 is 1.20 bits per heavy atom. The van der Waals surface area contributed by atoms with Crippen LogP contribution in [0.5, 0.6) is 0 Å². The van der Waals surface area contributed by atoms with E-state index >= 15 is 0 Å². The Labute approximate surface area is 91.7 Å². The van der Waals surface area contributed by atoms with E-state index in [4.69, 9.17) is 0 Å². The van der Waals surface area contributed by atoms with Gasteiger partial charge >= 0.3 is 0 Å². The Bertz CT molecular complexity index is 297. The molecule has 0 saturated carbocycles. The van der Waals surface area contributed by atoms with Crippen LogP contribution >= 0.6 is 0 Å². The molecular weight excluding hydrogens is 189 g/mol. The van der Waals surface area contributed by atoms with Crippen LogP contribution in [0.15, 0.2) is 24.3 Å². The van der Waals surface area contributed by atoms with Crippen LogP contribution < -0.4 is 5.32 Å². The monoisotopic (exact) mass is 209 g/mol. The van der Waals surface area contributed by atoms with Crippen LogP contribution in [0.4, 0.5) is 4.39 Å². The first kappa shape index (κ1) is 12.2. The van der Waals surface area contributed by atoms with Gasteiger partial charge in [0, 0.05) is 6.04 Å². The summed E-state index contributed by atoms with van der Waals surface area (Å²) >= 11 is 0. The predicted molar refractivity (Wildman–Crippen MR) is 62.3 cm³/mol. The molecule has 1 atom stereocenters. The molecule has 0 heterocycles. The van der Waals surface area contributed by atoms with E-state index in [2.05, 4.69) is 33.0 Å². The molecule has 0 aliphatic rings. The van der Waals surface area contributed by atoms with Crippen LogP contribution in [0.2, 0.25) is 0 Å². The molecule has 0 aromatic heterocycles. The molecule has 1 N–H and O–H groups in total. The maximum absolute atomic E-state index is 12.8. The molecule has 84 valence electrons. The average Bonchev–Trinajstić information content (AvgIpc) is 2.14. The van der Waals surface area contributed by atoms with Crippen molar-refractivity contribution in [1.29, 1.82) is 0 Å². The van der Waals surface area contributed by atoms with Gasteiger partial charge in [0.25, 0.3) is 0 Å². The van der Waals surface area contributed by atoms with E-state index in [1.807, 2.05) is 12.1 Å². The number of nitrogens with one attached hydrogen (secondary N) is 1. The van der Waals surface area contributed by atoms with Crippen molar-refractivity contribution in [3.63, 3.8) is 0 Å². The lowest BCUT2D eigenvalue weighted by atomic mass is 9.82. The van der Waals surface area contributed by atoms with Crippen molar-refractivity contribution < 1.29 is 4.39 Å². The first-order valence-electron chi connectivity index (χ1n) is 5.44. The number of hydrogen-bond donors (Lipinski definition) is 1. The maximum atomic E-state index is 12.8. The van der Waals surface area contributed by atoms with Gasteiger partial charge in [-0.05, 0) is 29.7 Å². The molecule has 0 aliphatic heterocycles. The van der Waals surface area contributed by atoms with Gasteiger partial charge in [0.2, 0.25) is 0 Å². The van der Waals surface area contributed by atoms with Gasteiger partial charge in [0.15, 0.2) is 0 Å². The summed E-state index contributed by atoms with van der Waals surface area (Å²) in [6.45, 7) is 9.55. The van der Waals surface area contributed by atoms with E-state index in [1.165, 1.54) is 12.1 Å². The number of hydrogen-bond acceptors (Lipinski definition) is 1. The van der Waals surface area contributed by atoms with E-state index in [0.29, 0.717) is 0 Å². The van der Waals surface area contributed by atoms with Gasteiger partial charge in [-0.25, -0.2) is 4.39 Å². The minimum Gasteiger partial charge on any atom is -0.310 e. The molecule has 1 unspecified atom stereocenters. The fraction of sp³-hybridized carbons (Fsp3) is 0.538. The summed E-state index contributed by atoms with van der Waals surface area (Å²) < 4.78 is 12.8. The van der Waals surface area contributed by atoms with Crippen LogP contribution in [0, 0.1) is 11.2 Å². The van der Waals surface area contributed by atoms with Crippen LogP contribution in [0.3, 0.4) is 0 Å². The highest BCUT2D eigenvalue weighted by atomic mass is 19.1. The number of halogens is 1. The van der Waals surface area contributed by atoms with Crippen LogP contribution in [-0.2, 0) is 0 Å². The van der Waals surface area contributed by atoms with Gasteiger partial charge in [-0.15, -0.1) is 0 Å².